The summed E-state index contributed by atoms with van der Waals surface area (Å²) in [6.07, 6.45) is 0. The van der Waals surface area contributed by atoms with Crippen molar-refractivity contribution in [3.05, 3.63) is 88.9 Å². The fraction of sp³-hybridized carbons (Fsp3) is 0.310. The summed E-state index contributed by atoms with van der Waals surface area (Å²) < 4.78 is 33.9. The number of rotatable bonds is 11. The molecule has 39 heavy (non-hydrogen) atoms. The molecule has 8 nitrogen and oxygen atoms in total. The third-order valence-corrected chi connectivity index (χ3v) is 8.11. The van der Waals surface area contributed by atoms with Crippen LogP contribution in [-0.4, -0.2) is 50.9 Å². The average Bonchev–Trinajstić information content (AvgIpc) is 2.90. The van der Waals surface area contributed by atoms with Gasteiger partial charge in [-0.05, 0) is 81.8 Å². The molecule has 0 heterocycles. The van der Waals surface area contributed by atoms with Gasteiger partial charge in [-0.1, -0.05) is 41.4 Å². The first-order valence-corrected chi connectivity index (χ1v) is 14.3. The smallest absolute Gasteiger partial charge is 0.264 e. The molecule has 0 bridgehead atoms. The van der Waals surface area contributed by atoms with E-state index in [2.05, 4.69) is 5.32 Å². The average molecular weight is 572 g/mol. The molecule has 2 amide bonds. The predicted octanol–water partition coefficient (Wildman–Crippen LogP) is 4.79. The summed E-state index contributed by atoms with van der Waals surface area (Å²) in [6.45, 7) is 6.71. The first kappa shape index (κ1) is 30.0. The Kier molecular flexibility index (Phi) is 9.99. The quantitative estimate of drug-likeness (QED) is 0.357. The number of aryl methyl sites for hydroxylation is 1. The number of amides is 2. The SMILES string of the molecule is COc1ccc(S(=O)(=O)N(CC(=O)N(Cc2cccc(Cl)c2)C(C)C(=O)NC(C)C)c2ccc(C)cc2)cc1. The largest absolute Gasteiger partial charge is 0.497 e. The van der Waals surface area contributed by atoms with Crippen molar-refractivity contribution in [1.82, 2.24) is 10.2 Å². The highest BCUT2D eigenvalue weighted by Crippen LogP contribution is 2.26. The molecule has 1 atom stereocenters. The fourth-order valence-corrected chi connectivity index (χ4v) is 5.56. The molecule has 208 valence electrons. The van der Waals surface area contributed by atoms with Crippen LogP contribution in [0.3, 0.4) is 0 Å². The summed E-state index contributed by atoms with van der Waals surface area (Å²) in [4.78, 5) is 28.2. The number of halogens is 1. The molecular formula is C29H34ClN3O5S. The molecule has 0 aliphatic carbocycles. The second-order valence-electron chi connectivity index (χ2n) is 9.51. The summed E-state index contributed by atoms with van der Waals surface area (Å²) >= 11 is 6.17. The minimum absolute atomic E-state index is 0.00339. The van der Waals surface area contributed by atoms with Crippen LogP contribution in [0.5, 0.6) is 5.75 Å². The van der Waals surface area contributed by atoms with Crippen LogP contribution in [0.2, 0.25) is 5.02 Å². The number of methoxy groups -OCH3 is 1. The number of benzene rings is 3. The van der Waals surface area contributed by atoms with Gasteiger partial charge in [0, 0.05) is 17.6 Å². The van der Waals surface area contributed by atoms with E-state index in [0.29, 0.717) is 22.0 Å². The Morgan fingerprint density at radius 1 is 0.974 bits per heavy atom. The zero-order valence-corrected chi connectivity index (χ0v) is 24.3. The van der Waals surface area contributed by atoms with Crippen molar-refractivity contribution >= 4 is 39.1 Å². The van der Waals surface area contributed by atoms with Crippen LogP contribution < -0.4 is 14.4 Å². The Labute approximate surface area is 235 Å². The third kappa shape index (κ3) is 7.74. The standard InChI is InChI=1S/C29H34ClN3O5S/c1-20(2)31-29(35)22(4)32(18-23-7-6-8-24(30)17-23)28(34)19-33(25-11-9-21(3)10-12-25)39(36,37)27-15-13-26(38-5)14-16-27/h6-17,20,22H,18-19H2,1-5H3,(H,31,35). The van der Waals surface area contributed by atoms with Gasteiger partial charge in [-0.2, -0.15) is 0 Å². The van der Waals surface area contributed by atoms with E-state index in [4.69, 9.17) is 16.3 Å². The van der Waals surface area contributed by atoms with Crippen LogP contribution >= 0.6 is 11.6 Å². The topological polar surface area (TPSA) is 96.0 Å². The monoisotopic (exact) mass is 571 g/mol. The summed E-state index contributed by atoms with van der Waals surface area (Å²) in [5.41, 5.74) is 1.97. The summed E-state index contributed by atoms with van der Waals surface area (Å²) in [5, 5.41) is 3.32. The van der Waals surface area contributed by atoms with Gasteiger partial charge < -0.3 is 15.0 Å². The van der Waals surface area contributed by atoms with Gasteiger partial charge >= 0.3 is 0 Å². The van der Waals surface area contributed by atoms with Crippen LogP contribution in [0.4, 0.5) is 5.69 Å². The number of hydrogen-bond donors (Lipinski definition) is 1. The van der Waals surface area contributed by atoms with Crippen molar-refractivity contribution in [3.8, 4) is 5.75 Å². The third-order valence-electron chi connectivity index (χ3n) is 6.09. The first-order valence-electron chi connectivity index (χ1n) is 12.5. The van der Waals surface area contributed by atoms with Crippen LogP contribution in [0.1, 0.15) is 31.9 Å². The Balaban J connectivity index is 2.03. The van der Waals surface area contributed by atoms with Gasteiger partial charge in [0.15, 0.2) is 0 Å². The molecule has 0 radical (unpaired) electrons. The molecule has 0 spiro atoms. The minimum Gasteiger partial charge on any atom is -0.497 e. The maximum Gasteiger partial charge on any atom is 0.264 e. The number of ether oxygens (including phenoxy) is 1. The normalized spacial score (nSPS) is 12.1. The molecule has 0 saturated carbocycles. The molecule has 3 aromatic carbocycles. The minimum atomic E-state index is -4.16. The second-order valence-corrected chi connectivity index (χ2v) is 11.8. The van der Waals surface area contributed by atoms with E-state index in [9.17, 15) is 18.0 Å². The molecule has 0 fully saturated rings. The Hall–Kier alpha value is -3.56. The number of anilines is 1. The van der Waals surface area contributed by atoms with Crippen molar-refractivity contribution in [2.45, 2.75) is 51.2 Å². The highest BCUT2D eigenvalue weighted by molar-refractivity contribution is 7.92. The summed E-state index contributed by atoms with van der Waals surface area (Å²) in [5.74, 6) is -0.385. The van der Waals surface area contributed by atoms with Gasteiger partial charge in [-0.3, -0.25) is 13.9 Å². The number of carbonyl (C=O) groups excluding carboxylic acids is 2. The van der Waals surface area contributed by atoms with Crippen LogP contribution in [0.25, 0.3) is 0 Å². The lowest BCUT2D eigenvalue weighted by atomic mass is 10.1. The van der Waals surface area contributed by atoms with E-state index in [1.807, 2.05) is 20.8 Å². The number of hydrogen-bond acceptors (Lipinski definition) is 5. The van der Waals surface area contributed by atoms with E-state index in [-0.39, 0.29) is 23.4 Å². The van der Waals surface area contributed by atoms with Crippen LogP contribution in [0, 0.1) is 6.92 Å². The molecule has 0 aliphatic rings. The lowest BCUT2D eigenvalue weighted by Gasteiger charge is -2.32. The van der Waals surface area contributed by atoms with Crippen molar-refractivity contribution < 1.29 is 22.7 Å². The van der Waals surface area contributed by atoms with Gasteiger partial charge in [-0.25, -0.2) is 8.42 Å². The molecule has 0 saturated heterocycles. The molecular weight excluding hydrogens is 538 g/mol. The van der Waals surface area contributed by atoms with Crippen molar-refractivity contribution in [3.63, 3.8) is 0 Å². The summed E-state index contributed by atoms with van der Waals surface area (Å²) in [6, 6.07) is 18.8. The number of sulfonamides is 1. The zero-order chi connectivity index (χ0) is 28.7. The predicted molar refractivity (Wildman–Crippen MR) is 153 cm³/mol. The fourth-order valence-electron chi connectivity index (χ4n) is 3.93. The maximum atomic E-state index is 13.9. The number of nitrogens with zero attached hydrogens (tertiary/aromatic N) is 2. The van der Waals surface area contributed by atoms with Crippen molar-refractivity contribution in [2.75, 3.05) is 18.0 Å². The molecule has 1 unspecified atom stereocenters. The van der Waals surface area contributed by atoms with E-state index in [0.717, 1.165) is 9.87 Å². The van der Waals surface area contributed by atoms with Crippen LogP contribution in [-0.2, 0) is 26.2 Å². The van der Waals surface area contributed by atoms with Gasteiger partial charge in [0.1, 0.15) is 18.3 Å². The molecule has 3 rings (SSSR count). The zero-order valence-electron chi connectivity index (χ0n) is 22.7. The van der Waals surface area contributed by atoms with Gasteiger partial charge in [-0.15, -0.1) is 0 Å². The molecule has 3 aromatic rings. The van der Waals surface area contributed by atoms with E-state index < -0.39 is 28.5 Å². The lowest BCUT2D eigenvalue weighted by Crippen LogP contribution is -2.52. The Bertz CT molecular complexity index is 1390. The highest BCUT2D eigenvalue weighted by atomic mass is 35.5. The number of carbonyl (C=O) groups is 2. The van der Waals surface area contributed by atoms with Gasteiger partial charge in [0.05, 0.1) is 17.7 Å². The maximum absolute atomic E-state index is 13.9. The summed E-state index contributed by atoms with van der Waals surface area (Å²) in [7, 11) is -2.66. The molecule has 0 aliphatic heterocycles. The Morgan fingerprint density at radius 2 is 1.62 bits per heavy atom. The first-order chi connectivity index (χ1) is 18.4. The van der Waals surface area contributed by atoms with Crippen LogP contribution in [0.15, 0.2) is 77.7 Å². The molecule has 0 aromatic heterocycles. The van der Waals surface area contributed by atoms with E-state index in [1.54, 1.807) is 67.6 Å². The van der Waals surface area contributed by atoms with Gasteiger partial charge in [0.2, 0.25) is 11.8 Å². The number of nitrogens with one attached hydrogen (secondary N) is 1. The van der Waals surface area contributed by atoms with Gasteiger partial charge in [0.25, 0.3) is 10.0 Å². The Morgan fingerprint density at radius 3 is 2.18 bits per heavy atom. The second kappa shape index (κ2) is 13.0. The van der Waals surface area contributed by atoms with E-state index in [1.165, 1.54) is 24.1 Å². The highest BCUT2D eigenvalue weighted by Gasteiger charge is 2.32. The van der Waals surface area contributed by atoms with E-state index >= 15 is 0 Å². The van der Waals surface area contributed by atoms with Crippen molar-refractivity contribution in [2.24, 2.45) is 0 Å². The molecule has 1 N–H and O–H groups in total. The lowest BCUT2D eigenvalue weighted by molar-refractivity contribution is -0.139. The van der Waals surface area contributed by atoms with Crippen molar-refractivity contribution in [1.29, 1.82) is 0 Å². The molecule has 10 heteroatoms.